The zero-order chi connectivity index (χ0) is 15.7. The lowest BCUT2D eigenvalue weighted by Gasteiger charge is -2.44. The molecular weight excluding hydrogens is 278 g/mol. The van der Waals surface area contributed by atoms with Gasteiger partial charge in [0, 0.05) is 27.1 Å². The topological polar surface area (TPSA) is 46.5 Å². The maximum absolute atomic E-state index is 12.5. The van der Waals surface area contributed by atoms with Gasteiger partial charge >= 0.3 is 5.97 Å². The zero-order valence-electron chi connectivity index (χ0n) is 13.4. The largest absolute Gasteiger partial charge is 0.461 e. The Balaban J connectivity index is 0.00000192. The number of hydrogen-bond donors (Lipinski definition) is 1. The van der Waals surface area contributed by atoms with E-state index in [-0.39, 0.29) is 20.1 Å². The fourth-order valence-electron chi connectivity index (χ4n) is 4.17. The van der Waals surface area contributed by atoms with Crippen LogP contribution in [-0.4, -0.2) is 54.4 Å². The van der Waals surface area contributed by atoms with Crippen LogP contribution in [-0.2, 0) is 9.53 Å². The van der Waals surface area contributed by atoms with Crippen LogP contribution in [0, 0.1) is 0 Å². The average Bonchev–Trinajstić information content (AvgIpc) is 2.68. The number of esters is 1. The number of carbonyl (C=O) groups excluding carboxylic acids is 1. The standard InChI is InChI=1S/C18H26NO3.H2/c1-19(2)14-8-9-15(19)11-16(10-14)22-18(21)17(12-20)13-6-4-3-5-7-13;/h3-7,14-17,20H,8-12H2,1-2H3;1H/q+1;. The van der Waals surface area contributed by atoms with E-state index in [9.17, 15) is 9.90 Å². The van der Waals surface area contributed by atoms with Gasteiger partial charge in [0.25, 0.3) is 0 Å². The zero-order valence-corrected chi connectivity index (χ0v) is 13.4. The van der Waals surface area contributed by atoms with Crippen LogP contribution in [0.3, 0.4) is 0 Å². The Bertz CT molecular complexity index is 518. The molecule has 0 spiro atoms. The maximum Gasteiger partial charge on any atom is 0.316 e. The quantitative estimate of drug-likeness (QED) is 0.686. The molecule has 0 radical (unpaired) electrons. The van der Waals surface area contributed by atoms with E-state index in [1.165, 1.54) is 12.8 Å². The first-order chi connectivity index (χ1) is 10.5. The smallest absolute Gasteiger partial charge is 0.316 e. The molecule has 2 bridgehead atoms. The summed E-state index contributed by atoms with van der Waals surface area (Å²) in [4.78, 5) is 12.5. The molecule has 1 N–H and O–H groups in total. The molecule has 0 aromatic heterocycles. The van der Waals surface area contributed by atoms with E-state index < -0.39 is 5.92 Å². The van der Waals surface area contributed by atoms with E-state index >= 15 is 0 Å². The number of carbonyl (C=O) groups is 1. The highest BCUT2D eigenvalue weighted by Gasteiger charge is 2.50. The Morgan fingerprint density at radius 2 is 1.86 bits per heavy atom. The third-order valence-corrected chi connectivity index (χ3v) is 5.74. The summed E-state index contributed by atoms with van der Waals surface area (Å²) in [6.45, 7) is -0.204. The third kappa shape index (κ3) is 2.77. The number of aliphatic hydroxyl groups excluding tert-OH is 1. The first-order valence-corrected chi connectivity index (χ1v) is 8.22. The normalized spacial score (nSPS) is 30.8. The molecule has 0 saturated carbocycles. The molecular formula is C18H28NO3+. The van der Waals surface area contributed by atoms with Gasteiger partial charge in [-0.05, 0) is 5.56 Å². The molecule has 4 nitrogen and oxygen atoms in total. The van der Waals surface area contributed by atoms with E-state index in [1.807, 2.05) is 30.3 Å². The van der Waals surface area contributed by atoms with Crippen molar-refractivity contribution < 1.29 is 20.5 Å². The van der Waals surface area contributed by atoms with Gasteiger partial charge in [0.1, 0.15) is 12.0 Å². The lowest BCUT2D eigenvalue weighted by atomic mass is 9.96. The number of aliphatic hydroxyl groups is 1. The molecule has 0 aliphatic carbocycles. The number of quaternary nitrogens is 1. The summed E-state index contributed by atoms with van der Waals surface area (Å²) < 4.78 is 6.83. The van der Waals surface area contributed by atoms with Gasteiger partial charge in [0.05, 0.1) is 32.8 Å². The second-order valence-electron chi connectivity index (χ2n) is 7.19. The van der Waals surface area contributed by atoms with Crippen molar-refractivity contribution in [3.63, 3.8) is 0 Å². The average molecular weight is 306 g/mol. The predicted molar refractivity (Wildman–Crippen MR) is 86.4 cm³/mol. The molecule has 3 unspecified atom stereocenters. The molecule has 2 heterocycles. The van der Waals surface area contributed by atoms with E-state index in [2.05, 4.69) is 14.1 Å². The van der Waals surface area contributed by atoms with E-state index in [1.54, 1.807) is 0 Å². The van der Waals surface area contributed by atoms with E-state index in [0.717, 1.165) is 22.9 Å². The molecule has 122 valence electrons. The van der Waals surface area contributed by atoms with Crippen molar-refractivity contribution in [3.05, 3.63) is 35.9 Å². The van der Waals surface area contributed by atoms with Crippen molar-refractivity contribution in [1.82, 2.24) is 0 Å². The Labute approximate surface area is 133 Å². The number of benzene rings is 1. The highest BCUT2D eigenvalue weighted by atomic mass is 16.5. The Kier molecular flexibility index (Phi) is 4.24. The lowest BCUT2D eigenvalue weighted by Crippen LogP contribution is -2.56. The molecule has 3 rings (SSSR count). The summed E-state index contributed by atoms with van der Waals surface area (Å²) in [7, 11) is 4.59. The summed E-state index contributed by atoms with van der Waals surface area (Å²) in [5.74, 6) is -0.853. The highest BCUT2D eigenvalue weighted by molar-refractivity contribution is 5.78. The van der Waals surface area contributed by atoms with E-state index in [0.29, 0.717) is 12.1 Å². The minimum Gasteiger partial charge on any atom is -0.461 e. The van der Waals surface area contributed by atoms with Crippen molar-refractivity contribution in [2.45, 2.75) is 49.8 Å². The summed E-state index contributed by atoms with van der Waals surface area (Å²) in [5.41, 5.74) is 0.824. The van der Waals surface area contributed by atoms with Crippen molar-refractivity contribution >= 4 is 5.97 Å². The van der Waals surface area contributed by atoms with Gasteiger partial charge in [0.2, 0.25) is 0 Å². The van der Waals surface area contributed by atoms with Gasteiger partial charge < -0.3 is 14.3 Å². The molecule has 0 amide bonds. The van der Waals surface area contributed by atoms with Crippen LogP contribution in [0.15, 0.2) is 30.3 Å². The lowest BCUT2D eigenvalue weighted by molar-refractivity contribution is -0.931. The van der Waals surface area contributed by atoms with Crippen molar-refractivity contribution in [3.8, 4) is 0 Å². The second-order valence-corrected chi connectivity index (χ2v) is 7.19. The summed E-state index contributed by atoms with van der Waals surface area (Å²) in [6.07, 6.45) is 4.36. The Morgan fingerprint density at radius 3 is 2.41 bits per heavy atom. The van der Waals surface area contributed by atoms with Crippen LogP contribution in [0.25, 0.3) is 0 Å². The third-order valence-electron chi connectivity index (χ3n) is 5.74. The van der Waals surface area contributed by atoms with Crippen LogP contribution >= 0.6 is 0 Å². The van der Waals surface area contributed by atoms with Crippen LogP contribution < -0.4 is 0 Å². The number of fused-ring (bicyclic) bond motifs is 2. The second kappa shape index (κ2) is 6.01. The van der Waals surface area contributed by atoms with Crippen molar-refractivity contribution in [1.29, 1.82) is 0 Å². The summed E-state index contributed by atoms with van der Waals surface area (Å²) in [5, 5.41) is 9.57. The fourth-order valence-corrected chi connectivity index (χ4v) is 4.17. The van der Waals surface area contributed by atoms with Gasteiger partial charge in [0.15, 0.2) is 0 Å². The molecule has 22 heavy (non-hydrogen) atoms. The van der Waals surface area contributed by atoms with Crippen molar-refractivity contribution in [2.75, 3.05) is 20.7 Å². The van der Waals surface area contributed by atoms with Crippen molar-refractivity contribution in [2.24, 2.45) is 0 Å². The molecule has 1 aromatic carbocycles. The molecule has 2 aliphatic heterocycles. The number of rotatable bonds is 4. The Hall–Kier alpha value is -1.39. The summed E-state index contributed by atoms with van der Waals surface area (Å²) >= 11 is 0. The Morgan fingerprint density at radius 1 is 1.27 bits per heavy atom. The van der Waals surface area contributed by atoms with Crippen LogP contribution in [0.1, 0.15) is 38.6 Å². The fraction of sp³-hybridized carbons (Fsp3) is 0.611. The first-order valence-electron chi connectivity index (χ1n) is 8.22. The minimum absolute atomic E-state index is 0. The van der Waals surface area contributed by atoms with Gasteiger partial charge in [-0.25, -0.2) is 0 Å². The maximum atomic E-state index is 12.5. The molecule has 2 fully saturated rings. The molecule has 4 heteroatoms. The number of hydrogen-bond acceptors (Lipinski definition) is 3. The summed E-state index contributed by atoms with van der Waals surface area (Å²) in [6, 6.07) is 10.6. The number of piperidine rings is 1. The SMILES string of the molecule is C[N+]1(C)C2CCC1CC(OC(=O)C(CO)c1ccccc1)C2.[HH]. The molecule has 2 aliphatic rings. The molecule has 3 atom stereocenters. The van der Waals surface area contributed by atoms with Crippen LogP contribution in [0.4, 0.5) is 0 Å². The van der Waals surface area contributed by atoms with Gasteiger partial charge in [-0.1, -0.05) is 30.3 Å². The first kappa shape index (κ1) is 15.5. The molecule has 2 saturated heterocycles. The highest BCUT2D eigenvalue weighted by Crippen LogP contribution is 2.40. The number of ether oxygens (including phenoxy) is 1. The molecule has 1 aromatic rings. The van der Waals surface area contributed by atoms with E-state index in [4.69, 9.17) is 4.74 Å². The van der Waals surface area contributed by atoms with Crippen LogP contribution in [0.5, 0.6) is 0 Å². The van der Waals surface area contributed by atoms with Gasteiger partial charge in [-0.3, -0.25) is 4.79 Å². The minimum atomic E-state index is -0.566. The van der Waals surface area contributed by atoms with Gasteiger partial charge in [-0.2, -0.15) is 0 Å². The van der Waals surface area contributed by atoms with Crippen LogP contribution in [0.2, 0.25) is 0 Å². The number of nitrogens with zero attached hydrogens (tertiary/aromatic N) is 1. The monoisotopic (exact) mass is 306 g/mol. The predicted octanol–water partition coefficient (Wildman–Crippen LogP) is 2.32. The van der Waals surface area contributed by atoms with Gasteiger partial charge in [-0.15, -0.1) is 0 Å².